The maximum absolute atomic E-state index is 2.52. The lowest BCUT2D eigenvalue weighted by Gasteiger charge is -2.30. The molecule has 2 heteroatoms. The van der Waals surface area contributed by atoms with Gasteiger partial charge in [-0.2, -0.15) is 0 Å². The summed E-state index contributed by atoms with van der Waals surface area (Å²) in [5.41, 5.74) is 31.4. The third kappa shape index (κ3) is 9.54. The summed E-state index contributed by atoms with van der Waals surface area (Å²) in [5, 5.41) is 7.33. The molecular weight excluding hydrogens is 1130 g/mol. The molecule has 15 aromatic carbocycles. The van der Waals surface area contributed by atoms with Gasteiger partial charge in [0.2, 0.25) is 0 Å². The molecule has 0 saturated heterocycles. The number of aryl methyl sites for hydroxylation is 2. The van der Waals surface area contributed by atoms with Crippen molar-refractivity contribution < 1.29 is 0 Å². The fourth-order valence-electron chi connectivity index (χ4n) is 15.6. The van der Waals surface area contributed by atoms with E-state index >= 15 is 0 Å². The van der Waals surface area contributed by atoms with E-state index in [2.05, 4.69) is 367 Å². The van der Waals surface area contributed by atoms with Gasteiger partial charge in [-0.15, -0.1) is 0 Å². The molecule has 0 atom stereocenters. The molecule has 0 aliphatic heterocycles. The first kappa shape index (κ1) is 56.6. The molecular formula is C92H70N2. The largest absolute Gasteiger partial charge is 0.310 e. The van der Waals surface area contributed by atoms with Crippen LogP contribution in [0.5, 0.6) is 0 Å². The van der Waals surface area contributed by atoms with Crippen LogP contribution in [0.15, 0.2) is 315 Å². The second kappa shape index (κ2) is 22.2. The second-order valence-corrected chi connectivity index (χ2v) is 27.0. The Morgan fingerprint density at radius 3 is 1.17 bits per heavy atom. The minimum absolute atomic E-state index is 0.248. The molecule has 0 heterocycles. The summed E-state index contributed by atoms with van der Waals surface area (Å²) in [6, 6.07) is 118. The van der Waals surface area contributed by atoms with Crippen molar-refractivity contribution in [2.24, 2.45) is 0 Å². The summed E-state index contributed by atoms with van der Waals surface area (Å²) in [6.45, 7) is 14.1. The highest BCUT2D eigenvalue weighted by Gasteiger charge is 2.38. The van der Waals surface area contributed by atoms with Crippen LogP contribution in [0.3, 0.4) is 0 Å². The molecule has 94 heavy (non-hydrogen) atoms. The van der Waals surface area contributed by atoms with Gasteiger partial charge in [0.05, 0.1) is 5.69 Å². The monoisotopic (exact) mass is 1200 g/mol. The van der Waals surface area contributed by atoms with Crippen molar-refractivity contribution in [2.45, 2.75) is 52.4 Å². The lowest BCUT2D eigenvalue weighted by molar-refractivity contribution is 0.660. The van der Waals surface area contributed by atoms with Crippen LogP contribution < -0.4 is 9.80 Å². The Balaban J connectivity index is 0.750. The van der Waals surface area contributed by atoms with E-state index in [1.165, 1.54) is 144 Å². The Morgan fingerprint density at radius 1 is 0.223 bits per heavy atom. The SMILES string of the molecule is Cc1cc(-c2ccc(N(c3ccc4c(c3)C(C)(C)c3cc(-c5ccc(-c6ccccc6)cc5)ccc3-4)c3cc4ccccc4c4ccccc34)cc2C)cc(N(c2ccc3c(c2)C(C)(C)c2cc(-c4ccc(-c5ccccc5)cc4)ccc2-3)c2ccc3ccccc3c2)c1. The maximum atomic E-state index is 2.52. The molecule has 2 aliphatic carbocycles. The van der Waals surface area contributed by atoms with E-state index in [4.69, 9.17) is 0 Å². The normalized spacial score (nSPS) is 13.2. The second-order valence-electron chi connectivity index (χ2n) is 27.0. The maximum Gasteiger partial charge on any atom is 0.0546 e. The van der Waals surface area contributed by atoms with Gasteiger partial charge in [0, 0.05) is 44.7 Å². The molecule has 2 nitrogen and oxygen atoms in total. The topological polar surface area (TPSA) is 6.48 Å². The van der Waals surface area contributed by atoms with Gasteiger partial charge in [-0.25, -0.2) is 0 Å². The number of benzene rings is 15. The van der Waals surface area contributed by atoms with Gasteiger partial charge in [-0.1, -0.05) is 264 Å². The number of nitrogens with zero attached hydrogens (tertiary/aromatic N) is 2. The summed E-state index contributed by atoms with van der Waals surface area (Å²) in [7, 11) is 0. The zero-order valence-electron chi connectivity index (χ0n) is 53.9. The average Bonchev–Trinajstić information content (AvgIpc) is 1.56. The first-order chi connectivity index (χ1) is 45.9. The van der Waals surface area contributed by atoms with Crippen molar-refractivity contribution >= 4 is 66.4 Å². The van der Waals surface area contributed by atoms with Crippen molar-refractivity contribution in [3.63, 3.8) is 0 Å². The number of hydrogen-bond acceptors (Lipinski definition) is 2. The van der Waals surface area contributed by atoms with E-state index in [0.717, 1.165) is 34.1 Å². The first-order valence-electron chi connectivity index (χ1n) is 33.0. The van der Waals surface area contributed by atoms with Crippen LogP contribution in [-0.4, -0.2) is 0 Å². The lowest BCUT2D eigenvalue weighted by Crippen LogP contribution is -2.17. The van der Waals surface area contributed by atoms with Gasteiger partial charge in [0.1, 0.15) is 0 Å². The molecule has 448 valence electrons. The Hall–Kier alpha value is -11.3. The van der Waals surface area contributed by atoms with Crippen molar-refractivity contribution in [1.29, 1.82) is 0 Å². The van der Waals surface area contributed by atoms with Gasteiger partial charge >= 0.3 is 0 Å². The Kier molecular flexibility index (Phi) is 13.4. The van der Waals surface area contributed by atoms with Gasteiger partial charge in [-0.05, 0) is 231 Å². The van der Waals surface area contributed by atoms with Crippen LogP contribution in [0, 0.1) is 13.8 Å². The van der Waals surface area contributed by atoms with E-state index in [0.29, 0.717) is 0 Å². The minimum atomic E-state index is -0.261. The van der Waals surface area contributed by atoms with Crippen molar-refractivity contribution in [1.82, 2.24) is 0 Å². The first-order valence-corrected chi connectivity index (χ1v) is 33.0. The standard InChI is InChI=1S/C92H70N2/c1-59-49-72(53-77(50-59)93(74-40-37-63-23-13-14-24-68(63)52-74)75-42-47-83-81-44-38-69(54-86(81)91(3,4)88(83)57-75)66-33-29-64(30-34-66)61-19-9-7-10-20-61)78-46-41-73(51-60(78)2)94(90-56-71-25-15-16-26-79(71)80-27-17-18-28-85(80)90)76-43-48-84-82-45-39-70(55-87(82)92(5,6)89(84)58-76)67-35-31-65(32-36-67)62-21-11-8-12-22-62/h7-58H,1-6H3. The van der Waals surface area contributed by atoms with E-state index in [1.54, 1.807) is 0 Å². The zero-order chi connectivity index (χ0) is 63.4. The molecule has 15 aromatic rings. The van der Waals surface area contributed by atoms with E-state index < -0.39 is 0 Å². The quantitative estimate of drug-likeness (QED) is 0.119. The molecule has 0 amide bonds. The predicted octanol–water partition coefficient (Wildman–Crippen LogP) is 25.7. The highest BCUT2D eigenvalue weighted by atomic mass is 15.1. The van der Waals surface area contributed by atoms with Gasteiger partial charge < -0.3 is 9.80 Å². The third-order valence-electron chi connectivity index (χ3n) is 20.6. The number of rotatable bonds is 11. The number of hydrogen-bond donors (Lipinski definition) is 0. The molecule has 0 saturated carbocycles. The Bertz CT molecular complexity index is 5500. The summed E-state index contributed by atoms with van der Waals surface area (Å²) in [4.78, 5) is 5.00. The highest BCUT2D eigenvalue weighted by Crippen LogP contribution is 2.55. The summed E-state index contributed by atoms with van der Waals surface area (Å²) >= 11 is 0. The third-order valence-corrected chi connectivity index (χ3v) is 20.6. The minimum Gasteiger partial charge on any atom is -0.310 e. The van der Waals surface area contributed by atoms with Gasteiger partial charge in [0.25, 0.3) is 0 Å². The number of anilines is 6. The fourth-order valence-corrected chi connectivity index (χ4v) is 15.6. The number of fused-ring (bicyclic) bond motifs is 10. The molecule has 17 rings (SSSR count). The van der Waals surface area contributed by atoms with E-state index in [1.807, 2.05) is 0 Å². The Labute approximate surface area is 552 Å². The van der Waals surface area contributed by atoms with Crippen molar-refractivity contribution in [3.05, 3.63) is 349 Å². The smallest absolute Gasteiger partial charge is 0.0546 e. The van der Waals surface area contributed by atoms with Crippen molar-refractivity contribution in [2.75, 3.05) is 9.80 Å². The van der Waals surface area contributed by atoms with E-state index in [9.17, 15) is 0 Å². The van der Waals surface area contributed by atoms with Crippen LogP contribution in [0.1, 0.15) is 61.1 Å². The average molecular weight is 1200 g/mol. The Morgan fingerprint density at radius 2 is 0.617 bits per heavy atom. The molecule has 0 spiro atoms. The van der Waals surface area contributed by atoms with Crippen LogP contribution in [-0.2, 0) is 10.8 Å². The van der Waals surface area contributed by atoms with Crippen LogP contribution >= 0.6 is 0 Å². The lowest BCUT2D eigenvalue weighted by atomic mass is 9.81. The van der Waals surface area contributed by atoms with E-state index in [-0.39, 0.29) is 10.8 Å². The molecule has 2 aliphatic rings. The summed E-state index contributed by atoms with van der Waals surface area (Å²) < 4.78 is 0. The molecule has 0 aromatic heterocycles. The predicted molar refractivity (Wildman–Crippen MR) is 400 cm³/mol. The van der Waals surface area contributed by atoms with Crippen LogP contribution in [0.25, 0.3) is 110 Å². The van der Waals surface area contributed by atoms with Crippen LogP contribution in [0.4, 0.5) is 34.1 Å². The van der Waals surface area contributed by atoms with Gasteiger partial charge in [0.15, 0.2) is 0 Å². The molecule has 0 bridgehead atoms. The zero-order valence-corrected chi connectivity index (χ0v) is 53.9. The summed E-state index contributed by atoms with van der Waals surface area (Å²) in [5.74, 6) is 0. The molecule has 0 radical (unpaired) electrons. The van der Waals surface area contributed by atoms with Gasteiger partial charge in [-0.3, -0.25) is 0 Å². The summed E-state index contributed by atoms with van der Waals surface area (Å²) in [6.07, 6.45) is 0. The van der Waals surface area contributed by atoms with Crippen LogP contribution in [0.2, 0.25) is 0 Å². The molecule has 0 N–H and O–H groups in total. The molecule has 0 fully saturated rings. The fraction of sp³-hybridized carbons (Fsp3) is 0.0870. The molecule has 0 unspecified atom stereocenters. The highest BCUT2D eigenvalue weighted by molar-refractivity contribution is 6.15. The van der Waals surface area contributed by atoms with Crippen molar-refractivity contribution in [3.8, 4) is 77.9 Å².